The predicted octanol–water partition coefficient (Wildman–Crippen LogP) is 5.24. The van der Waals surface area contributed by atoms with Gasteiger partial charge < -0.3 is 5.32 Å². The van der Waals surface area contributed by atoms with Crippen LogP contribution >= 0.6 is 24.0 Å². The molecule has 156 valence electrons. The summed E-state index contributed by atoms with van der Waals surface area (Å²) in [7, 11) is 0. The minimum atomic E-state index is -4.49. The predicted molar refractivity (Wildman–Crippen MR) is 116 cm³/mol. The quantitative estimate of drug-likeness (QED) is 0.500. The zero-order chi connectivity index (χ0) is 21.9. The number of anilines is 1. The summed E-state index contributed by atoms with van der Waals surface area (Å²) in [5.74, 6) is -0.802. The van der Waals surface area contributed by atoms with Gasteiger partial charge in [-0.1, -0.05) is 59.9 Å². The van der Waals surface area contributed by atoms with E-state index in [4.69, 9.17) is 12.2 Å². The van der Waals surface area contributed by atoms with E-state index >= 15 is 0 Å². The van der Waals surface area contributed by atoms with Gasteiger partial charge in [-0.25, -0.2) is 0 Å². The van der Waals surface area contributed by atoms with Crippen LogP contribution in [0.1, 0.15) is 23.1 Å². The molecule has 0 aromatic heterocycles. The maximum absolute atomic E-state index is 12.8. The van der Waals surface area contributed by atoms with Crippen molar-refractivity contribution in [3.63, 3.8) is 0 Å². The average molecular weight is 451 g/mol. The Morgan fingerprint density at radius 3 is 2.57 bits per heavy atom. The Hall–Kier alpha value is -2.65. The van der Waals surface area contributed by atoms with Gasteiger partial charge in [-0.05, 0) is 36.8 Å². The van der Waals surface area contributed by atoms with Crippen molar-refractivity contribution in [3.05, 3.63) is 70.1 Å². The zero-order valence-electron chi connectivity index (χ0n) is 15.8. The van der Waals surface area contributed by atoms with Crippen LogP contribution in [0.3, 0.4) is 0 Å². The Balaban J connectivity index is 1.60. The van der Waals surface area contributed by atoms with Gasteiger partial charge in [0.2, 0.25) is 5.91 Å². The molecule has 2 aromatic carbocycles. The summed E-state index contributed by atoms with van der Waals surface area (Å²) in [5, 5.41) is 2.42. The topological polar surface area (TPSA) is 49.4 Å². The summed E-state index contributed by atoms with van der Waals surface area (Å²) in [6.45, 7) is 2.01. The molecule has 2 amide bonds. The SMILES string of the molecule is Cc1ccc(/C=C2\SC(=S)N(CCC(=O)Nc3cccc(C(F)(F)F)c3)C2=O)cc1. The molecule has 1 aliphatic heterocycles. The molecule has 1 fully saturated rings. The fraction of sp³-hybridized carbons (Fsp3) is 0.190. The van der Waals surface area contributed by atoms with E-state index in [9.17, 15) is 22.8 Å². The first-order chi connectivity index (χ1) is 14.1. The summed E-state index contributed by atoms with van der Waals surface area (Å²) in [6.07, 6.45) is -2.85. The Bertz CT molecular complexity index is 1020. The number of rotatable bonds is 5. The standard InChI is InChI=1S/C21H17F3N2O2S2/c1-13-5-7-14(8-6-13)11-17-19(28)26(20(29)30-17)10-9-18(27)25-16-4-2-3-15(12-16)21(22,23)24/h2-8,11-12H,9-10H2,1H3,(H,25,27)/b17-11-. The number of hydrogen-bond acceptors (Lipinski definition) is 4. The van der Waals surface area contributed by atoms with Gasteiger partial charge in [-0.2, -0.15) is 13.2 Å². The van der Waals surface area contributed by atoms with Crippen LogP contribution in [0.4, 0.5) is 18.9 Å². The van der Waals surface area contributed by atoms with Crippen molar-refractivity contribution in [2.24, 2.45) is 0 Å². The molecule has 9 heteroatoms. The number of thioether (sulfide) groups is 1. The maximum atomic E-state index is 12.8. The second-order valence-corrected chi connectivity index (χ2v) is 8.30. The third-order valence-electron chi connectivity index (χ3n) is 4.28. The molecule has 2 aromatic rings. The number of amides is 2. The van der Waals surface area contributed by atoms with Crippen molar-refractivity contribution < 1.29 is 22.8 Å². The molecule has 1 aliphatic rings. The summed E-state index contributed by atoms with van der Waals surface area (Å²) >= 11 is 6.40. The molecule has 4 nitrogen and oxygen atoms in total. The van der Waals surface area contributed by atoms with E-state index in [-0.39, 0.29) is 24.6 Å². The van der Waals surface area contributed by atoms with Gasteiger partial charge in [-0.3, -0.25) is 14.5 Å². The Morgan fingerprint density at radius 1 is 1.20 bits per heavy atom. The highest BCUT2D eigenvalue weighted by atomic mass is 32.2. The van der Waals surface area contributed by atoms with Gasteiger partial charge in [0.25, 0.3) is 5.91 Å². The van der Waals surface area contributed by atoms with Crippen LogP contribution in [0.25, 0.3) is 6.08 Å². The van der Waals surface area contributed by atoms with E-state index in [1.165, 1.54) is 17.0 Å². The van der Waals surface area contributed by atoms with E-state index in [0.29, 0.717) is 9.23 Å². The highest BCUT2D eigenvalue weighted by molar-refractivity contribution is 8.26. The van der Waals surface area contributed by atoms with Crippen molar-refractivity contribution in [1.29, 1.82) is 0 Å². The largest absolute Gasteiger partial charge is 0.416 e. The molecule has 0 radical (unpaired) electrons. The lowest BCUT2D eigenvalue weighted by molar-refractivity contribution is -0.137. The minimum Gasteiger partial charge on any atom is -0.326 e. The van der Waals surface area contributed by atoms with Crippen molar-refractivity contribution in [2.75, 3.05) is 11.9 Å². The maximum Gasteiger partial charge on any atom is 0.416 e. The van der Waals surface area contributed by atoms with Crippen LogP contribution in [-0.2, 0) is 15.8 Å². The first kappa shape index (κ1) is 22.0. The lowest BCUT2D eigenvalue weighted by Crippen LogP contribution is -2.31. The van der Waals surface area contributed by atoms with E-state index in [0.717, 1.165) is 35.0 Å². The molecule has 0 atom stereocenters. The fourth-order valence-electron chi connectivity index (χ4n) is 2.72. The third kappa shape index (κ3) is 5.48. The molecule has 0 bridgehead atoms. The van der Waals surface area contributed by atoms with E-state index < -0.39 is 17.6 Å². The van der Waals surface area contributed by atoms with Crippen molar-refractivity contribution in [1.82, 2.24) is 4.90 Å². The monoisotopic (exact) mass is 450 g/mol. The molecular formula is C21H17F3N2O2S2. The normalized spacial score (nSPS) is 15.7. The number of carbonyl (C=O) groups excluding carboxylic acids is 2. The van der Waals surface area contributed by atoms with E-state index in [1.54, 1.807) is 6.08 Å². The number of carbonyl (C=O) groups is 2. The van der Waals surface area contributed by atoms with Crippen LogP contribution < -0.4 is 5.32 Å². The van der Waals surface area contributed by atoms with E-state index in [2.05, 4.69) is 5.32 Å². The van der Waals surface area contributed by atoms with Crippen LogP contribution in [-0.4, -0.2) is 27.6 Å². The van der Waals surface area contributed by atoms with Crippen molar-refractivity contribution in [2.45, 2.75) is 19.5 Å². The Labute approximate surface area is 181 Å². The number of hydrogen-bond donors (Lipinski definition) is 1. The third-order valence-corrected chi connectivity index (χ3v) is 5.66. The molecule has 0 spiro atoms. The molecule has 0 unspecified atom stereocenters. The van der Waals surface area contributed by atoms with Crippen LogP contribution in [0.2, 0.25) is 0 Å². The number of halogens is 3. The van der Waals surface area contributed by atoms with Gasteiger partial charge in [-0.15, -0.1) is 0 Å². The van der Waals surface area contributed by atoms with Gasteiger partial charge >= 0.3 is 6.18 Å². The molecular weight excluding hydrogens is 433 g/mol. The highest BCUT2D eigenvalue weighted by Crippen LogP contribution is 2.33. The lowest BCUT2D eigenvalue weighted by atomic mass is 10.1. The number of alkyl halides is 3. The van der Waals surface area contributed by atoms with Crippen LogP contribution in [0, 0.1) is 6.92 Å². The van der Waals surface area contributed by atoms with Gasteiger partial charge in [0.1, 0.15) is 4.32 Å². The fourth-order valence-corrected chi connectivity index (χ4v) is 4.03. The number of thiocarbonyl (C=S) groups is 1. The average Bonchev–Trinajstić information content (AvgIpc) is 2.94. The smallest absolute Gasteiger partial charge is 0.326 e. The van der Waals surface area contributed by atoms with Gasteiger partial charge in [0, 0.05) is 18.7 Å². The summed E-state index contributed by atoms with van der Waals surface area (Å²) in [5.41, 5.74) is 1.16. The molecule has 1 N–H and O–H groups in total. The molecule has 0 saturated carbocycles. The minimum absolute atomic E-state index is 0.0412. The molecule has 0 aliphatic carbocycles. The Kier molecular flexibility index (Phi) is 6.62. The summed E-state index contributed by atoms with van der Waals surface area (Å²) in [6, 6.07) is 12.0. The summed E-state index contributed by atoms with van der Waals surface area (Å²) < 4.78 is 38.7. The van der Waals surface area contributed by atoms with Crippen molar-refractivity contribution >= 4 is 51.9 Å². The number of benzene rings is 2. The Morgan fingerprint density at radius 2 is 1.90 bits per heavy atom. The highest BCUT2D eigenvalue weighted by Gasteiger charge is 2.32. The molecule has 1 saturated heterocycles. The zero-order valence-corrected chi connectivity index (χ0v) is 17.5. The van der Waals surface area contributed by atoms with Gasteiger partial charge in [0.15, 0.2) is 0 Å². The van der Waals surface area contributed by atoms with Crippen LogP contribution in [0.15, 0.2) is 53.4 Å². The van der Waals surface area contributed by atoms with Gasteiger partial charge in [0.05, 0.1) is 10.5 Å². The number of aryl methyl sites for hydroxylation is 1. The van der Waals surface area contributed by atoms with Crippen LogP contribution in [0.5, 0.6) is 0 Å². The molecule has 3 rings (SSSR count). The first-order valence-corrected chi connectivity index (χ1v) is 10.1. The van der Waals surface area contributed by atoms with Crippen molar-refractivity contribution in [3.8, 4) is 0 Å². The second-order valence-electron chi connectivity index (χ2n) is 6.62. The molecule has 30 heavy (non-hydrogen) atoms. The lowest BCUT2D eigenvalue weighted by Gasteiger charge is -2.14. The first-order valence-electron chi connectivity index (χ1n) is 8.92. The second kappa shape index (κ2) is 9.01. The number of nitrogens with zero attached hydrogens (tertiary/aromatic N) is 1. The molecule has 1 heterocycles. The van der Waals surface area contributed by atoms with E-state index in [1.807, 2.05) is 31.2 Å². The summed E-state index contributed by atoms with van der Waals surface area (Å²) in [4.78, 5) is 26.5. The number of nitrogens with one attached hydrogen (secondary N) is 1.